The van der Waals surface area contributed by atoms with Gasteiger partial charge in [-0.05, 0) is 25.5 Å². The van der Waals surface area contributed by atoms with Crippen molar-refractivity contribution >= 4 is 0 Å². The van der Waals surface area contributed by atoms with E-state index >= 15 is 0 Å². The third-order valence-electron chi connectivity index (χ3n) is 2.49. The summed E-state index contributed by atoms with van der Waals surface area (Å²) < 4.78 is 16.4. The van der Waals surface area contributed by atoms with Crippen molar-refractivity contribution in [2.75, 3.05) is 33.0 Å². The van der Waals surface area contributed by atoms with E-state index in [-0.39, 0.29) is 6.10 Å². The molecule has 1 aromatic rings. The van der Waals surface area contributed by atoms with Gasteiger partial charge in [-0.3, -0.25) is 0 Å². The fourth-order valence-electron chi connectivity index (χ4n) is 1.56. The minimum absolute atomic E-state index is 0.102. The van der Waals surface area contributed by atoms with Crippen molar-refractivity contribution in [2.45, 2.75) is 19.4 Å². The van der Waals surface area contributed by atoms with Crippen molar-refractivity contribution < 1.29 is 14.2 Å². The standard InChI is InChI=1S/C14H23NO3/c1-2-17-14(12-15)8-9-16-10-11-18-13-6-4-3-5-7-13/h3-7,14H,2,8-12,15H2,1H3. The van der Waals surface area contributed by atoms with Crippen molar-refractivity contribution in [3.05, 3.63) is 30.3 Å². The lowest BCUT2D eigenvalue weighted by Gasteiger charge is -2.14. The van der Waals surface area contributed by atoms with E-state index in [2.05, 4.69) is 0 Å². The summed E-state index contributed by atoms with van der Waals surface area (Å²) in [6.45, 7) is 5.00. The molecular formula is C14H23NO3. The summed E-state index contributed by atoms with van der Waals surface area (Å²) in [5.74, 6) is 0.871. The van der Waals surface area contributed by atoms with Crippen LogP contribution in [0.5, 0.6) is 5.75 Å². The van der Waals surface area contributed by atoms with Crippen LogP contribution in [0.2, 0.25) is 0 Å². The molecule has 0 spiro atoms. The smallest absolute Gasteiger partial charge is 0.119 e. The van der Waals surface area contributed by atoms with Gasteiger partial charge in [0, 0.05) is 19.8 Å². The number of hydrogen-bond donors (Lipinski definition) is 1. The van der Waals surface area contributed by atoms with Crippen molar-refractivity contribution in [2.24, 2.45) is 5.73 Å². The zero-order chi connectivity index (χ0) is 13.1. The first-order valence-electron chi connectivity index (χ1n) is 6.44. The molecule has 0 heterocycles. The second-order valence-electron chi connectivity index (χ2n) is 3.88. The topological polar surface area (TPSA) is 53.7 Å². The van der Waals surface area contributed by atoms with Crippen LogP contribution in [0.15, 0.2) is 30.3 Å². The largest absolute Gasteiger partial charge is 0.491 e. The molecule has 0 aromatic heterocycles. The van der Waals surface area contributed by atoms with E-state index in [0.717, 1.165) is 12.2 Å². The van der Waals surface area contributed by atoms with Crippen LogP contribution in [-0.4, -0.2) is 39.1 Å². The number of hydrogen-bond acceptors (Lipinski definition) is 4. The summed E-state index contributed by atoms with van der Waals surface area (Å²) in [5, 5.41) is 0. The number of nitrogens with two attached hydrogens (primary N) is 1. The van der Waals surface area contributed by atoms with E-state index in [0.29, 0.717) is 33.0 Å². The Hall–Kier alpha value is -1.10. The average molecular weight is 253 g/mol. The molecule has 0 aliphatic rings. The van der Waals surface area contributed by atoms with E-state index in [9.17, 15) is 0 Å². The molecule has 1 rings (SSSR count). The zero-order valence-electron chi connectivity index (χ0n) is 11.0. The van der Waals surface area contributed by atoms with Gasteiger partial charge >= 0.3 is 0 Å². The summed E-state index contributed by atoms with van der Waals surface area (Å²) >= 11 is 0. The highest BCUT2D eigenvalue weighted by atomic mass is 16.5. The van der Waals surface area contributed by atoms with Crippen molar-refractivity contribution in [1.29, 1.82) is 0 Å². The van der Waals surface area contributed by atoms with E-state index < -0.39 is 0 Å². The molecule has 0 saturated carbocycles. The Kier molecular flexibility index (Phi) is 8.21. The lowest BCUT2D eigenvalue weighted by molar-refractivity contribution is 0.0269. The molecule has 18 heavy (non-hydrogen) atoms. The Bertz CT molecular complexity index is 292. The maximum Gasteiger partial charge on any atom is 0.119 e. The lowest BCUT2D eigenvalue weighted by Crippen LogP contribution is -2.25. The Morgan fingerprint density at radius 2 is 1.89 bits per heavy atom. The summed E-state index contributed by atoms with van der Waals surface area (Å²) in [7, 11) is 0. The molecule has 0 aliphatic carbocycles. The minimum atomic E-state index is 0.102. The number of para-hydroxylation sites is 1. The fraction of sp³-hybridized carbons (Fsp3) is 0.571. The van der Waals surface area contributed by atoms with Crippen LogP contribution in [0, 0.1) is 0 Å². The van der Waals surface area contributed by atoms with E-state index in [4.69, 9.17) is 19.9 Å². The molecule has 4 nitrogen and oxygen atoms in total. The van der Waals surface area contributed by atoms with Gasteiger partial charge in [-0.25, -0.2) is 0 Å². The normalized spacial score (nSPS) is 12.3. The lowest BCUT2D eigenvalue weighted by atomic mass is 10.2. The third-order valence-corrected chi connectivity index (χ3v) is 2.49. The summed E-state index contributed by atoms with van der Waals surface area (Å²) in [4.78, 5) is 0. The molecule has 0 aliphatic heterocycles. The van der Waals surface area contributed by atoms with Crippen LogP contribution in [-0.2, 0) is 9.47 Å². The van der Waals surface area contributed by atoms with Crippen molar-refractivity contribution in [3.8, 4) is 5.75 Å². The molecule has 1 aromatic carbocycles. The monoisotopic (exact) mass is 253 g/mol. The van der Waals surface area contributed by atoms with E-state index in [1.807, 2.05) is 37.3 Å². The van der Waals surface area contributed by atoms with Gasteiger partial charge in [0.05, 0.1) is 12.7 Å². The summed E-state index contributed by atoms with van der Waals surface area (Å²) in [6, 6.07) is 9.72. The van der Waals surface area contributed by atoms with Crippen molar-refractivity contribution in [3.63, 3.8) is 0 Å². The predicted molar refractivity (Wildman–Crippen MR) is 71.8 cm³/mol. The number of benzene rings is 1. The fourth-order valence-corrected chi connectivity index (χ4v) is 1.56. The third kappa shape index (κ3) is 6.59. The Morgan fingerprint density at radius 3 is 2.56 bits per heavy atom. The Morgan fingerprint density at radius 1 is 1.11 bits per heavy atom. The van der Waals surface area contributed by atoms with Gasteiger partial charge in [0.15, 0.2) is 0 Å². The van der Waals surface area contributed by atoms with Gasteiger partial charge < -0.3 is 19.9 Å². The van der Waals surface area contributed by atoms with Crippen LogP contribution in [0.3, 0.4) is 0 Å². The van der Waals surface area contributed by atoms with Gasteiger partial charge in [-0.15, -0.1) is 0 Å². The summed E-state index contributed by atoms with van der Waals surface area (Å²) in [6.07, 6.45) is 0.931. The zero-order valence-corrected chi connectivity index (χ0v) is 11.0. The van der Waals surface area contributed by atoms with Gasteiger partial charge in [-0.1, -0.05) is 18.2 Å². The molecule has 0 bridgehead atoms. The van der Waals surface area contributed by atoms with Crippen LogP contribution in [0.25, 0.3) is 0 Å². The molecular weight excluding hydrogens is 230 g/mol. The first kappa shape index (κ1) is 15.0. The highest BCUT2D eigenvalue weighted by Crippen LogP contribution is 2.07. The molecule has 0 radical (unpaired) electrons. The molecule has 1 unspecified atom stereocenters. The maximum atomic E-state index is 5.57. The first-order chi connectivity index (χ1) is 8.86. The molecule has 0 fully saturated rings. The Labute approximate surface area is 109 Å². The molecule has 102 valence electrons. The SMILES string of the molecule is CCOC(CN)CCOCCOc1ccccc1. The van der Waals surface area contributed by atoms with Gasteiger partial charge in [0.2, 0.25) is 0 Å². The molecule has 1 atom stereocenters. The number of rotatable bonds is 10. The van der Waals surface area contributed by atoms with E-state index in [1.54, 1.807) is 0 Å². The molecule has 2 N–H and O–H groups in total. The second-order valence-corrected chi connectivity index (χ2v) is 3.88. The van der Waals surface area contributed by atoms with Crippen LogP contribution >= 0.6 is 0 Å². The maximum absolute atomic E-state index is 5.57. The van der Waals surface area contributed by atoms with Gasteiger partial charge in [0.1, 0.15) is 12.4 Å². The molecule has 0 amide bonds. The molecule has 4 heteroatoms. The van der Waals surface area contributed by atoms with E-state index in [1.165, 1.54) is 0 Å². The number of ether oxygens (including phenoxy) is 3. The second kappa shape index (κ2) is 9.88. The first-order valence-corrected chi connectivity index (χ1v) is 6.44. The van der Waals surface area contributed by atoms with Crippen LogP contribution in [0.4, 0.5) is 0 Å². The quantitative estimate of drug-likeness (QED) is 0.646. The molecule has 0 saturated heterocycles. The highest BCUT2D eigenvalue weighted by molar-refractivity contribution is 5.20. The van der Waals surface area contributed by atoms with Crippen LogP contribution in [0.1, 0.15) is 13.3 Å². The van der Waals surface area contributed by atoms with Crippen molar-refractivity contribution in [1.82, 2.24) is 0 Å². The summed E-state index contributed by atoms with van der Waals surface area (Å²) in [5.41, 5.74) is 5.57. The Balaban J connectivity index is 1.98. The highest BCUT2D eigenvalue weighted by Gasteiger charge is 2.05. The van der Waals surface area contributed by atoms with Crippen LogP contribution < -0.4 is 10.5 Å². The van der Waals surface area contributed by atoms with Gasteiger partial charge in [0.25, 0.3) is 0 Å². The average Bonchev–Trinajstić information content (AvgIpc) is 2.42. The minimum Gasteiger partial charge on any atom is -0.491 e. The predicted octanol–water partition coefficient (Wildman–Crippen LogP) is 1.84. The van der Waals surface area contributed by atoms with Gasteiger partial charge in [-0.2, -0.15) is 0 Å².